The standard InChI is InChI=1S/C38H34N4O4/c1-45-34-20-29(28(19-33(34)43)23-11-14-26(15-12-23)41-38(44)46-21-22-7-3-2-4-8-22)36-31-17-24-9-5-6-10-27(24)35(31)30-18-25(37(39)40)13-16-32(30)42-36/h2-16,18-20,31,35-36,42-43H,17,21H2,1H3,(H3,39,40)(H,41,44). The average molecular weight is 611 g/mol. The quantitative estimate of drug-likeness (QED) is 0.0955. The summed E-state index contributed by atoms with van der Waals surface area (Å²) in [5.41, 5.74) is 15.5. The Morgan fingerprint density at radius 3 is 2.46 bits per heavy atom. The van der Waals surface area contributed by atoms with Crippen molar-refractivity contribution in [3.8, 4) is 22.6 Å². The maximum atomic E-state index is 12.5. The van der Waals surface area contributed by atoms with Crippen LogP contribution in [0.15, 0.2) is 109 Å². The molecule has 2 aliphatic rings. The number of anilines is 2. The summed E-state index contributed by atoms with van der Waals surface area (Å²) in [6.45, 7) is 0.179. The number of carbonyl (C=O) groups is 1. The van der Waals surface area contributed by atoms with Crippen LogP contribution in [-0.4, -0.2) is 24.1 Å². The van der Waals surface area contributed by atoms with Gasteiger partial charge < -0.3 is 25.6 Å². The van der Waals surface area contributed by atoms with E-state index in [4.69, 9.17) is 20.6 Å². The number of benzene rings is 5. The molecule has 1 heterocycles. The number of phenolic OH excluding ortho intramolecular Hbond substituents is 1. The zero-order chi connectivity index (χ0) is 31.8. The normalized spacial score (nSPS) is 17.5. The van der Waals surface area contributed by atoms with E-state index in [1.807, 2.05) is 78.9 Å². The highest BCUT2D eigenvalue weighted by Gasteiger charge is 2.44. The van der Waals surface area contributed by atoms with Crippen molar-refractivity contribution in [1.29, 1.82) is 5.41 Å². The maximum absolute atomic E-state index is 12.5. The number of hydrogen-bond donors (Lipinski definition) is 5. The molecule has 0 saturated carbocycles. The number of methoxy groups -OCH3 is 1. The fourth-order valence-corrected chi connectivity index (χ4v) is 6.90. The van der Waals surface area contributed by atoms with Crippen LogP contribution in [0.5, 0.6) is 11.5 Å². The predicted octanol–water partition coefficient (Wildman–Crippen LogP) is 7.57. The van der Waals surface area contributed by atoms with Crippen LogP contribution in [0.2, 0.25) is 0 Å². The molecule has 6 N–H and O–H groups in total. The first-order valence-corrected chi connectivity index (χ1v) is 15.2. The molecule has 46 heavy (non-hydrogen) atoms. The predicted molar refractivity (Wildman–Crippen MR) is 180 cm³/mol. The van der Waals surface area contributed by atoms with Crippen LogP contribution in [0.4, 0.5) is 16.2 Å². The van der Waals surface area contributed by atoms with Gasteiger partial charge in [-0.3, -0.25) is 10.7 Å². The molecule has 7 rings (SSSR count). The van der Waals surface area contributed by atoms with Crippen LogP contribution in [0.1, 0.15) is 45.3 Å². The van der Waals surface area contributed by atoms with Gasteiger partial charge in [0, 0.05) is 22.9 Å². The lowest BCUT2D eigenvalue weighted by Crippen LogP contribution is -2.31. The van der Waals surface area contributed by atoms with Crippen molar-refractivity contribution in [1.82, 2.24) is 0 Å². The second-order valence-corrected chi connectivity index (χ2v) is 11.8. The minimum absolute atomic E-state index is 0.0423. The summed E-state index contributed by atoms with van der Waals surface area (Å²) < 4.78 is 11.0. The highest BCUT2D eigenvalue weighted by molar-refractivity contribution is 5.96. The molecule has 0 bridgehead atoms. The summed E-state index contributed by atoms with van der Waals surface area (Å²) in [7, 11) is 1.55. The van der Waals surface area contributed by atoms with E-state index in [0.717, 1.165) is 39.9 Å². The van der Waals surface area contributed by atoms with Crippen LogP contribution in [0.3, 0.4) is 0 Å². The van der Waals surface area contributed by atoms with Crippen molar-refractivity contribution in [2.24, 2.45) is 11.7 Å². The Labute approximate surface area is 267 Å². The molecule has 3 atom stereocenters. The maximum Gasteiger partial charge on any atom is 0.411 e. The molecule has 5 aromatic rings. The van der Waals surface area contributed by atoms with Crippen LogP contribution < -0.4 is 21.1 Å². The molecule has 0 saturated heterocycles. The molecule has 8 nitrogen and oxygen atoms in total. The number of ether oxygens (including phenoxy) is 2. The summed E-state index contributed by atoms with van der Waals surface area (Å²) in [5, 5.41) is 25.6. The third-order valence-corrected chi connectivity index (χ3v) is 9.05. The first-order valence-electron chi connectivity index (χ1n) is 15.2. The number of hydrogen-bond acceptors (Lipinski definition) is 6. The van der Waals surface area contributed by atoms with E-state index >= 15 is 0 Å². The summed E-state index contributed by atoms with van der Waals surface area (Å²) in [6.07, 6.45) is 0.322. The molecule has 0 aromatic heterocycles. The summed E-state index contributed by atoms with van der Waals surface area (Å²) >= 11 is 0. The molecule has 0 spiro atoms. The zero-order valence-corrected chi connectivity index (χ0v) is 25.3. The molecule has 1 amide bonds. The zero-order valence-electron chi connectivity index (χ0n) is 25.3. The van der Waals surface area contributed by atoms with Gasteiger partial charge in [-0.25, -0.2) is 4.79 Å². The molecule has 0 fully saturated rings. The van der Waals surface area contributed by atoms with Crippen molar-refractivity contribution in [3.05, 3.63) is 143 Å². The number of aromatic hydroxyl groups is 1. The minimum atomic E-state index is -0.538. The first kappa shape index (κ1) is 29.0. The van der Waals surface area contributed by atoms with E-state index in [1.165, 1.54) is 11.1 Å². The van der Waals surface area contributed by atoms with E-state index in [9.17, 15) is 9.90 Å². The fourth-order valence-electron chi connectivity index (χ4n) is 6.90. The lowest BCUT2D eigenvalue weighted by atomic mass is 9.74. The van der Waals surface area contributed by atoms with E-state index in [0.29, 0.717) is 17.0 Å². The van der Waals surface area contributed by atoms with Gasteiger partial charge in [0.25, 0.3) is 0 Å². The number of amidine groups is 1. The smallest absolute Gasteiger partial charge is 0.411 e. The molecule has 1 aliphatic carbocycles. The summed E-state index contributed by atoms with van der Waals surface area (Å²) in [4.78, 5) is 12.5. The molecule has 1 aliphatic heterocycles. The van der Waals surface area contributed by atoms with Gasteiger partial charge in [-0.2, -0.15) is 0 Å². The largest absolute Gasteiger partial charge is 0.504 e. The lowest BCUT2D eigenvalue weighted by Gasteiger charge is -2.39. The molecular weight excluding hydrogens is 576 g/mol. The van der Waals surface area contributed by atoms with Gasteiger partial charge in [0.2, 0.25) is 0 Å². The van der Waals surface area contributed by atoms with Crippen molar-refractivity contribution in [3.63, 3.8) is 0 Å². The van der Waals surface area contributed by atoms with Gasteiger partial charge >= 0.3 is 6.09 Å². The SMILES string of the molecule is COc1cc(C2Nc3ccc(C(=N)N)cc3C3c4ccccc4CC23)c(-c2ccc(NC(=O)OCc3ccccc3)cc2)cc1O. The van der Waals surface area contributed by atoms with Crippen LogP contribution in [-0.2, 0) is 17.8 Å². The highest BCUT2D eigenvalue weighted by atomic mass is 16.5. The number of amides is 1. The Morgan fingerprint density at radius 1 is 0.935 bits per heavy atom. The second kappa shape index (κ2) is 12.0. The Morgan fingerprint density at radius 2 is 1.70 bits per heavy atom. The van der Waals surface area contributed by atoms with Gasteiger partial charge in [0.05, 0.1) is 13.2 Å². The molecular formula is C38H34N4O4. The van der Waals surface area contributed by atoms with E-state index < -0.39 is 6.09 Å². The van der Waals surface area contributed by atoms with Crippen molar-refractivity contribution >= 4 is 23.3 Å². The number of carbonyl (C=O) groups excluding carboxylic acids is 1. The van der Waals surface area contributed by atoms with E-state index in [-0.39, 0.29) is 36.1 Å². The first-order chi connectivity index (χ1) is 22.4. The van der Waals surface area contributed by atoms with Crippen molar-refractivity contribution < 1.29 is 19.4 Å². The third-order valence-electron chi connectivity index (χ3n) is 9.05. The highest BCUT2D eigenvalue weighted by Crippen LogP contribution is 2.55. The Hall–Kier alpha value is -5.76. The van der Waals surface area contributed by atoms with Gasteiger partial charge in [-0.1, -0.05) is 66.7 Å². The minimum Gasteiger partial charge on any atom is -0.504 e. The molecule has 5 aromatic carbocycles. The third kappa shape index (κ3) is 5.38. The lowest BCUT2D eigenvalue weighted by molar-refractivity contribution is 0.155. The Bertz CT molecular complexity index is 1940. The molecule has 0 radical (unpaired) electrons. The van der Waals surface area contributed by atoms with E-state index in [1.54, 1.807) is 13.2 Å². The molecule has 3 unspecified atom stereocenters. The van der Waals surface area contributed by atoms with Crippen molar-refractivity contribution in [2.75, 3.05) is 17.7 Å². The number of phenols is 1. The Balaban J connectivity index is 1.23. The number of nitrogens with two attached hydrogens (primary N) is 1. The monoisotopic (exact) mass is 610 g/mol. The van der Waals surface area contributed by atoms with Crippen LogP contribution >= 0.6 is 0 Å². The van der Waals surface area contributed by atoms with Gasteiger partial charge in [0.1, 0.15) is 12.4 Å². The molecule has 8 heteroatoms. The average Bonchev–Trinajstić information content (AvgIpc) is 3.48. The van der Waals surface area contributed by atoms with E-state index in [2.05, 4.69) is 34.9 Å². The second-order valence-electron chi connectivity index (χ2n) is 11.8. The van der Waals surface area contributed by atoms with Gasteiger partial charge in [0.15, 0.2) is 11.5 Å². The number of nitrogen functional groups attached to an aromatic ring is 1. The molecule has 230 valence electrons. The fraction of sp³-hybridized carbons (Fsp3) is 0.158. The van der Waals surface area contributed by atoms with Crippen LogP contribution in [0, 0.1) is 11.3 Å². The summed E-state index contributed by atoms with van der Waals surface area (Å²) in [5.74, 6) is 0.727. The number of rotatable bonds is 7. The number of nitrogens with one attached hydrogen (secondary N) is 3. The Kier molecular flexibility index (Phi) is 7.54. The topological polar surface area (TPSA) is 130 Å². The number of fused-ring (bicyclic) bond motifs is 5. The van der Waals surface area contributed by atoms with Gasteiger partial charge in [-0.05, 0) is 93.7 Å². The summed E-state index contributed by atoms with van der Waals surface area (Å²) in [6, 6.07) is 35.0. The van der Waals surface area contributed by atoms with Crippen molar-refractivity contribution in [2.45, 2.75) is 25.0 Å². The van der Waals surface area contributed by atoms with Crippen LogP contribution in [0.25, 0.3) is 11.1 Å². The van der Waals surface area contributed by atoms with Gasteiger partial charge in [-0.15, -0.1) is 0 Å².